The van der Waals surface area contributed by atoms with Crippen LogP contribution in [-0.4, -0.2) is 43.1 Å². The first-order chi connectivity index (χ1) is 13.4. The average molecular weight is 385 g/mol. The van der Waals surface area contributed by atoms with Gasteiger partial charge in [0.15, 0.2) is 11.5 Å². The van der Waals surface area contributed by atoms with E-state index in [-0.39, 0.29) is 5.91 Å². The highest BCUT2D eigenvalue weighted by atomic mass is 16.5. The summed E-state index contributed by atoms with van der Waals surface area (Å²) in [4.78, 5) is 15.3. The minimum absolute atomic E-state index is 0.162. The molecule has 0 saturated carbocycles. The van der Waals surface area contributed by atoms with Crippen LogP contribution in [0.4, 0.5) is 0 Å². The van der Waals surface area contributed by atoms with E-state index in [0.717, 1.165) is 12.1 Å². The van der Waals surface area contributed by atoms with Crippen molar-refractivity contribution in [3.05, 3.63) is 60.2 Å². The van der Waals surface area contributed by atoms with E-state index in [4.69, 9.17) is 9.47 Å². The lowest BCUT2D eigenvalue weighted by molar-refractivity contribution is -0.128. The van der Waals surface area contributed by atoms with Gasteiger partial charge in [-0.1, -0.05) is 42.5 Å². The van der Waals surface area contributed by atoms with Crippen molar-refractivity contribution in [1.29, 1.82) is 0 Å². The first-order valence-electron chi connectivity index (χ1n) is 9.82. The summed E-state index contributed by atoms with van der Waals surface area (Å²) in [7, 11) is 1.59. The quantitative estimate of drug-likeness (QED) is 0.671. The fraction of sp³-hybridized carbons (Fsp3) is 0.435. The van der Waals surface area contributed by atoms with Gasteiger partial charge in [0.2, 0.25) is 6.10 Å². The van der Waals surface area contributed by atoms with Crippen LogP contribution in [0.1, 0.15) is 39.4 Å². The number of methoxy groups -OCH3 is 1. The molecule has 152 valence electrons. The lowest BCUT2D eigenvalue weighted by atomic mass is 10.1. The molecule has 0 aliphatic carbocycles. The predicted octanol–water partition coefficient (Wildman–Crippen LogP) is 4.05. The number of nitrogens with zero attached hydrogens (tertiary/aromatic N) is 1. The molecule has 0 fully saturated rings. The molecule has 2 rings (SSSR count). The molecular weight excluding hydrogens is 352 g/mol. The maximum atomic E-state index is 13.0. The highest BCUT2D eigenvalue weighted by Crippen LogP contribution is 2.30. The fourth-order valence-electron chi connectivity index (χ4n) is 3.26. The summed E-state index contributed by atoms with van der Waals surface area (Å²) in [6.45, 7) is 10.0. The van der Waals surface area contributed by atoms with Crippen LogP contribution < -0.4 is 14.8 Å². The van der Waals surface area contributed by atoms with E-state index in [2.05, 4.69) is 37.9 Å². The second-order valence-electron chi connectivity index (χ2n) is 7.28. The smallest absolute Gasteiger partial charge is 0.265 e. The van der Waals surface area contributed by atoms with Crippen molar-refractivity contribution in [2.24, 2.45) is 0 Å². The number of carbonyl (C=O) groups excluding carboxylic acids is 1. The van der Waals surface area contributed by atoms with Crippen LogP contribution in [-0.2, 0) is 4.79 Å². The number of benzene rings is 2. The molecule has 28 heavy (non-hydrogen) atoms. The molecule has 1 unspecified atom stereocenters. The minimum Gasteiger partial charge on any atom is -0.493 e. The lowest BCUT2D eigenvalue weighted by Gasteiger charge is -2.30. The van der Waals surface area contributed by atoms with Gasteiger partial charge in [-0.25, -0.2) is 0 Å². The van der Waals surface area contributed by atoms with Gasteiger partial charge >= 0.3 is 0 Å². The fourth-order valence-corrected chi connectivity index (χ4v) is 3.26. The summed E-state index contributed by atoms with van der Waals surface area (Å²) < 4.78 is 11.4. The van der Waals surface area contributed by atoms with Crippen molar-refractivity contribution in [1.82, 2.24) is 10.2 Å². The standard InChI is InChI=1S/C23H32N2O3/c1-17(2)25(18(3)4)16-15-24-23(26)22(19-11-7-6-8-12-19)28-21-14-10-9-13-20(21)27-5/h6-14,17-18,22H,15-16H2,1-5H3,(H,24,26). The molecule has 0 saturated heterocycles. The SMILES string of the molecule is COc1ccccc1OC(C(=O)NCCN(C(C)C)C(C)C)c1ccccc1. The number of rotatable bonds is 10. The lowest BCUT2D eigenvalue weighted by Crippen LogP contribution is -2.43. The van der Waals surface area contributed by atoms with Gasteiger partial charge in [0.25, 0.3) is 5.91 Å². The summed E-state index contributed by atoms with van der Waals surface area (Å²) in [5.74, 6) is 0.978. The van der Waals surface area contributed by atoms with Crippen molar-refractivity contribution < 1.29 is 14.3 Å². The van der Waals surface area contributed by atoms with E-state index in [0.29, 0.717) is 30.1 Å². The molecule has 0 aliphatic heterocycles. The Kier molecular flexibility index (Phi) is 8.33. The van der Waals surface area contributed by atoms with Crippen molar-refractivity contribution in [3.8, 4) is 11.5 Å². The Balaban J connectivity index is 2.12. The molecule has 0 spiro atoms. The zero-order chi connectivity index (χ0) is 20.5. The van der Waals surface area contributed by atoms with Crippen LogP contribution in [0, 0.1) is 0 Å². The molecule has 0 heterocycles. The van der Waals surface area contributed by atoms with Gasteiger partial charge in [-0.15, -0.1) is 0 Å². The van der Waals surface area contributed by atoms with E-state index in [1.165, 1.54) is 0 Å². The van der Waals surface area contributed by atoms with E-state index < -0.39 is 6.10 Å². The van der Waals surface area contributed by atoms with Gasteiger partial charge < -0.3 is 14.8 Å². The zero-order valence-corrected chi connectivity index (χ0v) is 17.5. The van der Waals surface area contributed by atoms with E-state index in [1.807, 2.05) is 48.5 Å². The summed E-state index contributed by atoms with van der Waals surface area (Å²) in [5, 5.41) is 3.03. The molecule has 0 aromatic heterocycles. The van der Waals surface area contributed by atoms with Crippen LogP contribution in [0.5, 0.6) is 11.5 Å². The first-order valence-corrected chi connectivity index (χ1v) is 9.82. The van der Waals surface area contributed by atoms with Crippen LogP contribution in [0.15, 0.2) is 54.6 Å². The van der Waals surface area contributed by atoms with E-state index in [9.17, 15) is 4.79 Å². The van der Waals surface area contributed by atoms with Crippen molar-refractivity contribution in [2.45, 2.75) is 45.9 Å². The maximum absolute atomic E-state index is 13.0. The summed E-state index contributed by atoms with van der Waals surface area (Å²) in [6, 6.07) is 17.7. The third-order valence-corrected chi connectivity index (χ3v) is 4.65. The van der Waals surface area contributed by atoms with Gasteiger partial charge in [-0.2, -0.15) is 0 Å². The Morgan fingerprint density at radius 3 is 2.07 bits per heavy atom. The molecule has 0 aliphatic rings. The monoisotopic (exact) mass is 384 g/mol. The Labute approximate surface area is 168 Å². The highest BCUT2D eigenvalue weighted by Gasteiger charge is 2.24. The number of carbonyl (C=O) groups is 1. The van der Waals surface area contributed by atoms with Crippen LogP contribution in [0.25, 0.3) is 0 Å². The predicted molar refractivity (Wildman–Crippen MR) is 113 cm³/mol. The van der Waals surface area contributed by atoms with Gasteiger partial charge in [0.05, 0.1) is 7.11 Å². The molecule has 0 radical (unpaired) electrons. The molecule has 5 nitrogen and oxygen atoms in total. The second-order valence-corrected chi connectivity index (χ2v) is 7.28. The van der Waals surface area contributed by atoms with Gasteiger partial charge in [0.1, 0.15) is 0 Å². The molecule has 2 aromatic rings. The number of hydrogen-bond acceptors (Lipinski definition) is 4. The molecule has 0 bridgehead atoms. The zero-order valence-electron chi connectivity index (χ0n) is 17.5. The van der Waals surface area contributed by atoms with Crippen molar-refractivity contribution >= 4 is 5.91 Å². The highest BCUT2D eigenvalue weighted by molar-refractivity contribution is 5.82. The number of ether oxygens (including phenoxy) is 2. The van der Waals surface area contributed by atoms with Crippen LogP contribution >= 0.6 is 0 Å². The van der Waals surface area contributed by atoms with Gasteiger partial charge in [-0.3, -0.25) is 9.69 Å². The Morgan fingerprint density at radius 1 is 0.929 bits per heavy atom. The van der Waals surface area contributed by atoms with E-state index in [1.54, 1.807) is 13.2 Å². The van der Waals surface area contributed by atoms with Gasteiger partial charge in [-0.05, 0) is 39.8 Å². The topological polar surface area (TPSA) is 50.8 Å². The Morgan fingerprint density at radius 2 is 1.50 bits per heavy atom. The Bertz CT molecular complexity index is 724. The number of hydrogen-bond donors (Lipinski definition) is 1. The van der Waals surface area contributed by atoms with Crippen LogP contribution in [0.2, 0.25) is 0 Å². The minimum atomic E-state index is -0.746. The molecular formula is C23H32N2O3. The summed E-state index contributed by atoms with van der Waals surface area (Å²) in [6.07, 6.45) is -0.746. The molecule has 2 aromatic carbocycles. The van der Waals surface area contributed by atoms with Crippen LogP contribution in [0.3, 0.4) is 0 Å². The Hall–Kier alpha value is -2.53. The summed E-state index contributed by atoms with van der Waals surface area (Å²) in [5.41, 5.74) is 0.801. The molecule has 1 amide bonds. The second kappa shape index (κ2) is 10.7. The maximum Gasteiger partial charge on any atom is 0.265 e. The first kappa shape index (κ1) is 21.8. The average Bonchev–Trinajstić information content (AvgIpc) is 2.69. The molecule has 1 atom stereocenters. The summed E-state index contributed by atoms with van der Waals surface area (Å²) >= 11 is 0. The third-order valence-electron chi connectivity index (χ3n) is 4.65. The number of para-hydroxylation sites is 2. The third kappa shape index (κ3) is 5.99. The normalized spacial score (nSPS) is 12.3. The number of nitrogens with one attached hydrogen (secondary N) is 1. The van der Waals surface area contributed by atoms with Crippen molar-refractivity contribution in [2.75, 3.05) is 20.2 Å². The van der Waals surface area contributed by atoms with Gasteiger partial charge in [0, 0.05) is 30.7 Å². The molecule has 5 heteroatoms. The van der Waals surface area contributed by atoms with E-state index >= 15 is 0 Å². The largest absolute Gasteiger partial charge is 0.493 e. The number of amides is 1. The molecule has 1 N–H and O–H groups in total. The van der Waals surface area contributed by atoms with Crippen molar-refractivity contribution in [3.63, 3.8) is 0 Å².